The average molecular weight is 205 g/mol. The summed E-state index contributed by atoms with van der Waals surface area (Å²) < 4.78 is 0. The minimum atomic E-state index is 0.871. The van der Waals surface area contributed by atoms with E-state index < -0.39 is 0 Å². The molecule has 1 aromatic rings. The molecule has 1 aliphatic heterocycles. The number of rotatable bonds is 3. The summed E-state index contributed by atoms with van der Waals surface area (Å²) in [5.41, 5.74) is 1.14. The smallest absolute Gasteiger partial charge is 0.128 e. The lowest BCUT2D eigenvalue weighted by Crippen LogP contribution is -2.28. The van der Waals surface area contributed by atoms with Crippen LogP contribution in [0.1, 0.15) is 30.7 Å². The monoisotopic (exact) mass is 205 g/mol. The molecule has 0 spiro atoms. The van der Waals surface area contributed by atoms with E-state index in [2.05, 4.69) is 15.3 Å². The number of hydrogen-bond donors (Lipinski definition) is 1. The highest BCUT2D eigenvalue weighted by atomic mass is 14.9. The second-order valence-electron chi connectivity index (χ2n) is 4.41. The summed E-state index contributed by atoms with van der Waals surface area (Å²) in [7, 11) is 0. The Kier molecular flexibility index (Phi) is 3.67. The molecule has 0 bridgehead atoms. The Balaban J connectivity index is 1.79. The predicted octanol–water partition coefficient (Wildman–Crippen LogP) is 1.72. The fraction of sp³-hybridized carbons (Fsp3) is 0.667. The molecule has 1 aromatic heterocycles. The summed E-state index contributed by atoms with van der Waals surface area (Å²) >= 11 is 0. The number of hydrogen-bond acceptors (Lipinski definition) is 3. The van der Waals surface area contributed by atoms with Gasteiger partial charge in [-0.1, -0.05) is 0 Å². The first-order valence-corrected chi connectivity index (χ1v) is 5.83. The Hall–Kier alpha value is -0.960. The van der Waals surface area contributed by atoms with Gasteiger partial charge in [-0.3, -0.25) is 0 Å². The van der Waals surface area contributed by atoms with Crippen LogP contribution in [0.15, 0.2) is 12.4 Å². The van der Waals surface area contributed by atoms with E-state index in [0.29, 0.717) is 0 Å². The topological polar surface area (TPSA) is 37.8 Å². The van der Waals surface area contributed by atoms with Crippen LogP contribution < -0.4 is 5.32 Å². The molecule has 1 fully saturated rings. The Morgan fingerprint density at radius 3 is 2.60 bits per heavy atom. The van der Waals surface area contributed by atoms with E-state index in [-0.39, 0.29) is 0 Å². The number of aromatic nitrogens is 2. The highest BCUT2D eigenvalue weighted by Gasteiger charge is 2.12. The fourth-order valence-corrected chi connectivity index (χ4v) is 2.05. The first-order valence-electron chi connectivity index (χ1n) is 5.83. The van der Waals surface area contributed by atoms with Gasteiger partial charge >= 0.3 is 0 Å². The fourth-order valence-electron chi connectivity index (χ4n) is 2.05. The first-order chi connectivity index (χ1) is 7.34. The van der Waals surface area contributed by atoms with Crippen LogP contribution in [0.5, 0.6) is 0 Å². The Bertz CT molecular complexity index is 288. The molecule has 3 nitrogen and oxygen atoms in total. The van der Waals surface area contributed by atoms with Crippen molar-refractivity contribution in [3.8, 4) is 0 Å². The zero-order valence-corrected chi connectivity index (χ0v) is 9.37. The van der Waals surface area contributed by atoms with Crippen LogP contribution in [0.25, 0.3) is 0 Å². The predicted molar refractivity (Wildman–Crippen MR) is 60.7 cm³/mol. The van der Waals surface area contributed by atoms with Gasteiger partial charge in [0.15, 0.2) is 0 Å². The SMILES string of the molecule is Cc1cnc(CCC2CCNCC2)nc1. The van der Waals surface area contributed by atoms with E-state index in [1.807, 2.05) is 19.3 Å². The van der Waals surface area contributed by atoms with Crippen molar-refractivity contribution in [3.63, 3.8) is 0 Å². The molecule has 15 heavy (non-hydrogen) atoms. The van der Waals surface area contributed by atoms with Crippen LogP contribution in [0.2, 0.25) is 0 Å². The van der Waals surface area contributed by atoms with Gasteiger partial charge in [0.1, 0.15) is 5.82 Å². The Morgan fingerprint density at radius 2 is 1.93 bits per heavy atom. The number of piperidine rings is 1. The van der Waals surface area contributed by atoms with Crippen LogP contribution >= 0.6 is 0 Å². The molecule has 82 valence electrons. The van der Waals surface area contributed by atoms with E-state index in [0.717, 1.165) is 23.7 Å². The van der Waals surface area contributed by atoms with Crippen molar-refractivity contribution < 1.29 is 0 Å². The van der Waals surface area contributed by atoms with Gasteiger partial charge in [-0.25, -0.2) is 9.97 Å². The van der Waals surface area contributed by atoms with Crippen molar-refractivity contribution in [2.45, 2.75) is 32.6 Å². The molecule has 0 saturated carbocycles. The zero-order valence-electron chi connectivity index (χ0n) is 9.37. The lowest BCUT2D eigenvalue weighted by atomic mass is 9.93. The summed E-state index contributed by atoms with van der Waals surface area (Å²) in [6, 6.07) is 0. The number of nitrogens with one attached hydrogen (secondary N) is 1. The lowest BCUT2D eigenvalue weighted by molar-refractivity contribution is 0.352. The molecule has 1 aliphatic rings. The largest absolute Gasteiger partial charge is 0.317 e. The van der Waals surface area contributed by atoms with Crippen LogP contribution in [0.3, 0.4) is 0 Å². The van der Waals surface area contributed by atoms with Crippen molar-refractivity contribution >= 4 is 0 Å². The van der Waals surface area contributed by atoms with Crippen LogP contribution in [0.4, 0.5) is 0 Å². The highest BCUT2D eigenvalue weighted by molar-refractivity contribution is 5.01. The van der Waals surface area contributed by atoms with Crippen LogP contribution in [-0.4, -0.2) is 23.1 Å². The van der Waals surface area contributed by atoms with Gasteiger partial charge in [0.05, 0.1) is 0 Å². The summed E-state index contributed by atoms with van der Waals surface area (Å²) in [6.45, 7) is 4.38. The van der Waals surface area contributed by atoms with Gasteiger partial charge in [0.25, 0.3) is 0 Å². The molecule has 0 unspecified atom stereocenters. The second kappa shape index (κ2) is 5.21. The minimum absolute atomic E-state index is 0.871. The quantitative estimate of drug-likeness (QED) is 0.816. The van der Waals surface area contributed by atoms with Crippen molar-refractivity contribution in [1.29, 1.82) is 0 Å². The van der Waals surface area contributed by atoms with E-state index in [9.17, 15) is 0 Å². The van der Waals surface area contributed by atoms with Gasteiger partial charge < -0.3 is 5.32 Å². The summed E-state index contributed by atoms with van der Waals surface area (Å²) in [5, 5.41) is 3.39. The molecule has 0 aromatic carbocycles. The minimum Gasteiger partial charge on any atom is -0.317 e. The van der Waals surface area contributed by atoms with E-state index >= 15 is 0 Å². The lowest BCUT2D eigenvalue weighted by Gasteiger charge is -2.21. The van der Waals surface area contributed by atoms with Gasteiger partial charge in [-0.05, 0) is 50.8 Å². The summed E-state index contributed by atoms with van der Waals surface area (Å²) in [4.78, 5) is 8.67. The second-order valence-corrected chi connectivity index (χ2v) is 4.41. The Labute approximate surface area is 91.3 Å². The van der Waals surface area contributed by atoms with Gasteiger partial charge in [0.2, 0.25) is 0 Å². The maximum absolute atomic E-state index is 4.34. The van der Waals surface area contributed by atoms with Gasteiger partial charge in [-0.15, -0.1) is 0 Å². The third-order valence-corrected chi connectivity index (χ3v) is 3.07. The number of nitrogens with zero attached hydrogens (tertiary/aromatic N) is 2. The summed E-state index contributed by atoms with van der Waals surface area (Å²) in [5.74, 6) is 1.87. The normalized spacial score (nSPS) is 17.9. The molecule has 0 atom stereocenters. The van der Waals surface area contributed by atoms with E-state index in [4.69, 9.17) is 0 Å². The molecule has 0 amide bonds. The summed E-state index contributed by atoms with van der Waals surface area (Å²) in [6.07, 6.45) is 8.71. The molecule has 2 heterocycles. The molecular formula is C12H19N3. The first kappa shape index (κ1) is 10.6. The molecule has 3 heteroatoms. The van der Waals surface area contributed by atoms with Gasteiger partial charge in [0, 0.05) is 18.8 Å². The third-order valence-electron chi connectivity index (χ3n) is 3.07. The van der Waals surface area contributed by atoms with E-state index in [1.54, 1.807) is 0 Å². The van der Waals surface area contributed by atoms with E-state index in [1.165, 1.54) is 32.4 Å². The maximum Gasteiger partial charge on any atom is 0.128 e. The van der Waals surface area contributed by atoms with Crippen molar-refractivity contribution in [2.75, 3.05) is 13.1 Å². The third kappa shape index (κ3) is 3.27. The zero-order chi connectivity index (χ0) is 10.5. The standard InChI is InChI=1S/C12H19N3/c1-10-8-14-12(15-9-10)3-2-11-4-6-13-7-5-11/h8-9,11,13H,2-7H2,1H3. The van der Waals surface area contributed by atoms with Crippen molar-refractivity contribution in [1.82, 2.24) is 15.3 Å². The van der Waals surface area contributed by atoms with Crippen molar-refractivity contribution in [2.24, 2.45) is 5.92 Å². The highest BCUT2D eigenvalue weighted by Crippen LogP contribution is 2.17. The molecule has 0 aliphatic carbocycles. The maximum atomic E-state index is 4.34. The van der Waals surface area contributed by atoms with Crippen molar-refractivity contribution in [3.05, 3.63) is 23.8 Å². The molecule has 0 radical (unpaired) electrons. The van der Waals surface area contributed by atoms with Gasteiger partial charge in [-0.2, -0.15) is 0 Å². The molecular weight excluding hydrogens is 186 g/mol. The average Bonchev–Trinajstić information content (AvgIpc) is 2.30. The van der Waals surface area contributed by atoms with Crippen LogP contribution in [0, 0.1) is 12.8 Å². The molecule has 1 saturated heterocycles. The van der Waals surface area contributed by atoms with Crippen LogP contribution in [-0.2, 0) is 6.42 Å². The Morgan fingerprint density at radius 1 is 1.27 bits per heavy atom. The molecule has 2 rings (SSSR count). The molecule has 1 N–H and O–H groups in total. The number of aryl methyl sites for hydroxylation is 2.